The lowest BCUT2D eigenvalue weighted by Gasteiger charge is -2.04. The number of benzene rings is 2. The number of nitrogens with zero attached hydrogens (tertiary/aromatic N) is 1. The molecule has 1 heterocycles. The molecule has 0 fully saturated rings. The van der Waals surface area contributed by atoms with Crippen LogP contribution in [-0.2, 0) is 0 Å². The van der Waals surface area contributed by atoms with Crippen LogP contribution in [0.2, 0.25) is 0 Å². The first kappa shape index (κ1) is 13.7. The van der Waals surface area contributed by atoms with E-state index in [2.05, 4.69) is 20.9 Å². The van der Waals surface area contributed by atoms with E-state index in [1.54, 1.807) is 12.3 Å². The molecular weight excluding hydrogens is 326 g/mol. The Morgan fingerprint density at radius 2 is 1.48 bits per heavy atom. The average molecular weight is 338 g/mol. The molecule has 2 nitrogen and oxygen atoms in total. The van der Waals surface area contributed by atoms with Crippen molar-refractivity contribution in [1.29, 1.82) is 0 Å². The van der Waals surface area contributed by atoms with Gasteiger partial charge in [0.15, 0.2) is 0 Å². The van der Waals surface area contributed by atoms with Crippen LogP contribution in [0, 0.1) is 0 Å². The van der Waals surface area contributed by atoms with E-state index >= 15 is 0 Å². The summed E-state index contributed by atoms with van der Waals surface area (Å²) in [5, 5.41) is 0. The van der Waals surface area contributed by atoms with Gasteiger partial charge in [-0.2, -0.15) is 0 Å². The van der Waals surface area contributed by atoms with Gasteiger partial charge >= 0.3 is 0 Å². The van der Waals surface area contributed by atoms with Crippen molar-refractivity contribution in [3.8, 4) is 11.1 Å². The Labute approximate surface area is 131 Å². The number of ketones is 1. The smallest absolute Gasteiger partial charge is 0.211 e. The quantitative estimate of drug-likeness (QED) is 0.646. The molecule has 0 amide bonds. The number of halogens is 1. The molecule has 0 spiro atoms. The van der Waals surface area contributed by atoms with Gasteiger partial charge in [0, 0.05) is 16.2 Å². The zero-order chi connectivity index (χ0) is 14.7. The second-order valence-corrected chi connectivity index (χ2v) is 5.55. The first-order chi connectivity index (χ1) is 10.2. The normalized spacial score (nSPS) is 10.3. The summed E-state index contributed by atoms with van der Waals surface area (Å²) >= 11 is 3.31. The molecule has 102 valence electrons. The van der Waals surface area contributed by atoms with Crippen LogP contribution in [0.1, 0.15) is 16.1 Å². The van der Waals surface area contributed by atoms with E-state index in [1.807, 2.05) is 60.7 Å². The first-order valence-electron chi connectivity index (χ1n) is 6.56. The van der Waals surface area contributed by atoms with Crippen LogP contribution in [0.4, 0.5) is 0 Å². The molecular formula is C18H12BrNO. The highest BCUT2D eigenvalue weighted by atomic mass is 79.9. The minimum absolute atomic E-state index is 0.0675. The SMILES string of the molecule is O=C(c1ccc(-c2ccccc2)cc1)c1ccc(Br)cn1. The van der Waals surface area contributed by atoms with Crippen molar-refractivity contribution in [1.82, 2.24) is 4.98 Å². The zero-order valence-electron chi connectivity index (χ0n) is 11.2. The minimum Gasteiger partial charge on any atom is -0.287 e. The number of carbonyl (C=O) groups is 1. The largest absolute Gasteiger partial charge is 0.287 e. The predicted molar refractivity (Wildman–Crippen MR) is 87.2 cm³/mol. The lowest BCUT2D eigenvalue weighted by atomic mass is 10.0. The lowest BCUT2D eigenvalue weighted by molar-refractivity contribution is 0.103. The number of carbonyl (C=O) groups excluding carboxylic acids is 1. The van der Waals surface area contributed by atoms with E-state index in [0.717, 1.165) is 15.6 Å². The Morgan fingerprint density at radius 1 is 0.810 bits per heavy atom. The van der Waals surface area contributed by atoms with Gasteiger partial charge < -0.3 is 0 Å². The molecule has 3 aromatic rings. The van der Waals surface area contributed by atoms with Gasteiger partial charge in [-0.15, -0.1) is 0 Å². The Hall–Kier alpha value is -2.26. The molecule has 0 saturated carbocycles. The van der Waals surface area contributed by atoms with E-state index in [1.165, 1.54) is 0 Å². The van der Waals surface area contributed by atoms with Crippen LogP contribution in [0.25, 0.3) is 11.1 Å². The maximum Gasteiger partial charge on any atom is 0.211 e. The standard InChI is InChI=1S/C18H12BrNO/c19-16-10-11-17(20-12-16)18(21)15-8-6-14(7-9-15)13-4-2-1-3-5-13/h1-12H. The molecule has 0 aliphatic rings. The predicted octanol–water partition coefficient (Wildman–Crippen LogP) is 4.74. The van der Waals surface area contributed by atoms with Crippen LogP contribution >= 0.6 is 15.9 Å². The van der Waals surface area contributed by atoms with Crippen molar-refractivity contribution in [2.45, 2.75) is 0 Å². The molecule has 1 aromatic heterocycles. The average Bonchev–Trinajstić information content (AvgIpc) is 2.56. The summed E-state index contributed by atoms with van der Waals surface area (Å²) in [6, 6.07) is 21.2. The number of hydrogen-bond donors (Lipinski definition) is 0. The summed E-state index contributed by atoms with van der Waals surface area (Å²) < 4.78 is 0.860. The van der Waals surface area contributed by atoms with Gasteiger partial charge in [0.05, 0.1) is 0 Å². The Morgan fingerprint density at radius 3 is 2.10 bits per heavy atom. The van der Waals surface area contributed by atoms with Gasteiger partial charge in [0.1, 0.15) is 5.69 Å². The molecule has 0 N–H and O–H groups in total. The number of rotatable bonds is 3. The van der Waals surface area contributed by atoms with Gasteiger partial charge in [-0.1, -0.05) is 54.6 Å². The number of hydrogen-bond acceptors (Lipinski definition) is 2. The van der Waals surface area contributed by atoms with Crippen LogP contribution in [0.3, 0.4) is 0 Å². The molecule has 0 saturated heterocycles. The van der Waals surface area contributed by atoms with Crippen molar-refractivity contribution in [3.63, 3.8) is 0 Å². The van der Waals surface area contributed by atoms with E-state index < -0.39 is 0 Å². The highest BCUT2D eigenvalue weighted by Crippen LogP contribution is 2.20. The van der Waals surface area contributed by atoms with Gasteiger partial charge in [0.25, 0.3) is 0 Å². The molecule has 0 radical (unpaired) electrons. The highest BCUT2D eigenvalue weighted by Gasteiger charge is 2.10. The van der Waals surface area contributed by atoms with Crippen molar-refractivity contribution < 1.29 is 4.79 Å². The van der Waals surface area contributed by atoms with Crippen LogP contribution < -0.4 is 0 Å². The molecule has 0 aliphatic carbocycles. The van der Waals surface area contributed by atoms with Crippen molar-refractivity contribution in [3.05, 3.63) is 88.7 Å². The molecule has 0 bridgehead atoms. The molecule has 0 unspecified atom stereocenters. The fourth-order valence-electron chi connectivity index (χ4n) is 2.10. The minimum atomic E-state index is -0.0675. The van der Waals surface area contributed by atoms with Gasteiger partial charge in [0.2, 0.25) is 5.78 Å². The van der Waals surface area contributed by atoms with Crippen molar-refractivity contribution in [2.75, 3.05) is 0 Å². The fraction of sp³-hybridized carbons (Fsp3) is 0. The third kappa shape index (κ3) is 3.09. The van der Waals surface area contributed by atoms with E-state index in [0.29, 0.717) is 11.3 Å². The molecule has 0 atom stereocenters. The lowest BCUT2D eigenvalue weighted by Crippen LogP contribution is -2.03. The van der Waals surface area contributed by atoms with Crippen molar-refractivity contribution >= 4 is 21.7 Å². The summed E-state index contributed by atoms with van der Waals surface area (Å²) in [6.07, 6.45) is 1.63. The van der Waals surface area contributed by atoms with E-state index in [-0.39, 0.29) is 5.78 Å². The maximum atomic E-state index is 12.3. The van der Waals surface area contributed by atoms with E-state index in [9.17, 15) is 4.79 Å². The van der Waals surface area contributed by atoms with Crippen LogP contribution in [-0.4, -0.2) is 10.8 Å². The van der Waals surface area contributed by atoms with Crippen molar-refractivity contribution in [2.24, 2.45) is 0 Å². The molecule has 21 heavy (non-hydrogen) atoms. The second kappa shape index (κ2) is 6.02. The molecule has 3 rings (SSSR count). The monoisotopic (exact) mass is 337 g/mol. The number of pyridine rings is 1. The molecule has 2 aromatic carbocycles. The Bertz CT molecular complexity index is 749. The maximum absolute atomic E-state index is 12.3. The second-order valence-electron chi connectivity index (χ2n) is 4.63. The zero-order valence-corrected chi connectivity index (χ0v) is 12.7. The van der Waals surface area contributed by atoms with E-state index in [4.69, 9.17) is 0 Å². The molecule has 3 heteroatoms. The number of aromatic nitrogens is 1. The summed E-state index contributed by atoms with van der Waals surface area (Å²) in [7, 11) is 0. The summed E-state index contributed by atoms with van der Waals surface area (Å²) in [6.45, 7) is 0. The summed E-state index contributed by atoms with van der Waals surface area (Å²) in [5.74, 6) is -0.0675. The Balaban J connectivity index is 1.87. The van der Waals surface area contributed by atoms with Crippen LogP contribution in [0.15, 0.2) is 77.4 Å². The Kier molecular flexibility index (Phi) is 3.93. The van der Waals surface area contributed by atoms with Gasteiger partial charge in [-0.05, 0) is 39.2 Å². The molecule has 0 aliphatic heterocycles. The third-order valence-electron chi connectivity index (χ3n) is 3.21. The fourth-order valence-corrected chi connectivity index (χ4v) is 2.34. The summed E-state index contributed by atoms with van der Waals surface area (Å²) in [4.78, 5) is 16.5. The highest BCUT2D eigenvalue weighted by molar-refractivity contribution is 9.10. The van der Waals surface area contributed by atoms with Gasteiger partial charge in [-0.25, -0.2) is 0 Å². The third-order valence-corrected chi connectivity index (χ3v) is 3.68. The van der Waals surface area contributed by atoms with Gasteiger partial charge in [-0.3, -0.25) is 9.78 Å². The first-order valence-corrected chi connectivity index (χ1v) is 7.35. The summed E-state index contributed by atoms with van der Waals surface area (Å²) in [5.41, 5.74) is 3.32. The van der Waals surface area contributed by atoms with Crippen LogP contribution in [0.5, 0.6) is 0 Å². The topological polar surface area (TPSA) is 30.0 Å².